The number of aromatic nitrogens is 3. The zero-order chi connectivity index (χ0) is 17.5. The van der Waals surface area contributed by atoms with Crippen LogP contribution in [-0.2, 0) is 0 Å². The lowest BCUT2D eigenvalue weighted by atomic mass is 9.63. The summed E-state index contributed by atoms with van der Waals surface area (Å²) < 4.78 is 0. The molecule has 3 saturated carbocycles. The fourth-order valence-electron chi connectivity index (χ4n) is 4.21. The highest BCUT2D eigenvalue weighted by molar-refractivity contribution is 7.16. The first-order chi connectivity index (χ1) is 12.8. The minimum absolute atomic E-state index is 0.490. The van der Waals surface area contributed by atoms with Crippen LogP contribution in [-0.4, -0.2) is 21.0 Å². The molecular formula is C19H18N6S. The van der Waals surface area contributed by atoms with Gasteiger partial charge in [-0.2, -0.15) is 5.26 Å². The molecule has 3 aliphatic rings. The first-order valence-electron chi connectivity index (χ1n) is 8.92. The Morgan fingerprint density at radius 2 is 2.00 bits per heavy atom. The van der Waals surface area contributed by atoms with Gasteiger partial charge in [0, 0.05) is 23.7 Å². The largest absolute Gasteiger partial charge is 0.367 e. The lowest BCUT2D eigenvalue weighted by Crippen LogP contribution is -2.40. The van der Waals surface area contributed by atoms with Crippen molar-refractivity contribution in [1.29, 1.82) is 5.26 Å². The summed E-state index contributed by atoms with van der Waals surface area (Å²) in [6.45, 7) is 0. The van der Waals surface area contributed by atoms with Gasteiger partial charge in [0.25, 0.3) is 0 Å². The molecule has 7 heteroatoms. The van der Waals surface area contributed by atoms with Gasteiger partial charge in [0.2, 0.25) is 0 Å². The Hall–Kier alpha value is -2.72. The molecule has 6 rings (SSSR count). The van der Waals surface area contributed by atoms with E-state index in [1.165, 1.54) is 37.0 Å². The Bertz CT molecular complexity index is 991. The van der Waals surface area contributed by atoms with Crippen molar-refractivity contribution in [1.82, 2.24) is 15.0 Å². The van der Waals surface area contributed by atoms with E-state index in [4.69, 9.17) is 10.2 Å². The highest BCUT2D eigenvalue weighted by atomic mass is 32.1. The van der Waals surface area contributed by atoms with Gasteiger partial charge >= 0.3 is 0 Å². The van der Waals surface area contributed by atoms with Gasteiger partial charge in [-0.3, -0.25) is 4.98 Å². The molecule has 0 saturated heterocycles. The molecule has 3 heterocycles. The van der Waals surface area contributed by atoms with Crippen molar-refractivity contribution in [3.63, 3.8) is 0 Å². The quantitative estimate of drug-likeness (QED) is 0.719. The van der Waals surface area contributed by atoms with Crippen LogP contribution in [0, 0.1) is 23.2 Å². The fourth-order valence-corrected chi connectivity index (χ4v) is 4.83. The number of thiazole rings is 1. The number of anilines is 3. The van der Waals surface area contributed by atoms with Crippen molar-refractivity contribution in [3.05, 3.63) is 35.5 Å². The summed E-state index contributed by atoms with van der Waals surface area (Å²) in [5.74, 6) is 3.34. The maximum Gasteiger partial charge on any atom is 0.189 e. The van der Waals surface area contributed by atoms with Gasteiger partial charge < -0.3 is 10.6 Å². The molecule has 0 radical (unpaired) electrons. The third kappa shape index (κ3) is 2.86. The fraction of sp³-hybridized carbons (Fsp3) is 0.368. The van der Waals surface area contributed by atoms with Crippen LogP contribution in [0.25, 0.3) is 10.9 Å². The second kappa shape index (κ2) is 6.22. The Morgan fingerprint density at radius 1 is 1.15 bits per heavy atom. The smallest absolute Gasteiger partial charge is 0.189 e. The van der Waals surface area contributed by atoms with Crippen molar-refractivity contribution in [3.8, 4) is 6.07 Å². The molecule has 3 aliphatic carbocycles. The molecule has 2 bridgehead atoms. The zero-order valence-electron chi connectivity index (χ0n) is 14.1. The molecule has 0 aromatic carbocycles. The summed E-state index contributed by atoms with van der Waals surface area (Å²) in [5, 5.41) is 17.5. The normalized spacial score (nSPS) is 23.9. The van der Waals surface area contributed by atoms with Crippen molar-refractivity contribution >= 4 is 39.0 Å². The average Bonchev–Trinajstić information content (AvgIpc) is 3.09. The second-order valence-corrected chi connectivity index (χ2v) is 8.24. The molecule has 130 valence electrons. The summed E-state index contributed by atoms with van der Waals surface area (Å²) in [6.07, 6.45) is 8.63. The Morgan fingerprint density at radius 3 is 2.77 bits per heavy atom. The third-order valence-electron chi connectivity index (χ3n) is 5.36. The molecule has 0 amide bonds. The molecule has 3 fully saturated rings. The first kappa shape index (κ1) is 15.5. The number of pyridine rings is 2. The predicted molar refractivity (Wildman–Crippen MR) is 103 cm³/mol. The number of rotatable bonds is 4. The lowest BCUT2D eigenvalue weighted by molar-refractivity contribution is 0.105. The number of nitriles is 1. The van der Waals surface area contributed by atoms with Gasteiger partial charge in [-0.15, -0.1) is 0 Å². The summed E-state index contributed by atoms with van der Waals surface area (Å²) >= 11 is 1.32. The molecule has 26 heavy (non-hydrogen) atoms. The standard InChI is InChI=1S/C19H18N6S/c20-9-14-10-22-19(26-14)25-17-8-16-15(2-1-3-21-16)18(24-17)23-13-6-11-4-12(5-11)7-13/h1-3,8,10-13H,4-7H2,(H2,22,23,24,25). The third-order valence-corrected chi connectivity index (χ3v) is 6.18. The van der Waals surface area contributed by atoms with E-state index in [0.717, 1.165) is 28.6 Å². The molecule has 2 N–H and O–H groups in total. The van der Waals surface area contributed by atoms with Gasteiger partial charge in [-0.25, -0.2) is 9.97 Å². The molecule has 0 atom stereocenters. The minimum Gasteiger partial charge on any atom is -0.367 e. The SMILES string of the molecule is N#Cc1cnc(Nc2cc3ncccc3c(NC3CC4CC(C4)C3)n2)s1. The average molecular weight is 362 g/mol. The van der Waals surface area contributed by atoms with Gasteiger partial charge in [0.1, 0.15) is 22.6 Å². The second-order valence-electron chi connectivity index (χ2n) is 7.21. The molecule has 0 spiro atoms. The van der Waals surface area contributed by atoms with E-state index in [2.05, 4.69) is 32.7 Å². The van der Waals surface area contributed by atoms with Crippen molar-refractivity contribution < 1.29 is 0 Å². The summed E-state index contributed by atoms with van der Waals surface area (Å²) in [5.41, 5.74) is 0.894. The number of nitrogens with zero attached hydrogens (tertiary/aromatic N) is 4. The highest BCUT2D eigenvalue weighted by Gasteiger charge is 2.38. The number of hydrogen-bond acceptors (Lipinski definition) is 7. The number of fused-ring (bicyclic) bond motifs is 3. The molecule has 6 nitrogen and oxygen atoms in total. The van der Waals surface area contributed by atoms with E-state index < -0.39 is 0 Å². The minimum atomic E-state index is 0.490. The number of nitrogens with one attached hydrogen (secondary N) is 2. The van der Waals surface area contributed by atoms with Gasteiger partial charge in [-0.1, -0.05) is 11.3 Å². The van der Waals surface area contributed by atoms with Crippen LogP contribution < -0.4 is 10.6 Å². The van der Waals surface area contributed by atoms with Gasteiger partial charge in [-0.05, 0) is 49.7 Å². The van der Waals surface area contributed by atoms with Crippen LogP contribution in [0.15, 0.2) is 30.6 Å². The van der Waals surface area contributed by atoms with Crippen LogP contribution in [0.5, 0.6) is 0 Å². The van der Waals surface area contributed by atoms with E-state index in [0.29, 0.717) is 21.9 Å². The molecule has 3 aromatic rings. The monoisotopic (exact) mass is 362 g/mol. The molecular weight excluding hydrogens is 344 g/mol. The predicted octanol–water partition coefficient (Wildman–Crippen LogP) is 4.30. The summed E-state index contributed by atoms with van der Waals surface area (Å²) in [6, 6.07) is 8.52. The van der Waals surface area contributed by atoms with E-state index in [1.54, 1.807) is 12.4 Å². The van der Waals surface area contributed by atoms with Gasteiger partial charge in [0.15, 0.2) is 5.13 Å². The van der Waals surface area contributed by atoms with Crippen LogP contribution in [0.4, 0.5) is 16.8 Å². The van der Waals surface area contributed by atoms with E-state index in [9.17, 15) is 0 Å². The maximum atomic E-state index is 8.97. The highest BCUT2D eigenvalue weighted by Crippen LogP contribution is 2.46. The van der Waals surface area contributed by atoms with Crippen molar-refractivity contribution in [2.24, 2.45) is 11.8 Å². The molecule has 3 aromatic heterocycles. The zero-order valence-corrected chi connectivity index (χ0v) is 15.0. The van der Waals surface area contributed by atoms with Crippen LogP contribution in [0.3, 0.4) is 0 Å². The lowest BCUT2D eigenvalue weighted by Gasteiger charge is -2.45. The van der Waals surface area contributed by atoms with Crippen molar-refractivity contribution in [2.75, 3.05) is 10.6 Å². The van der Waals surface area contributed by atoms with E-state index >= 15 is 0 Å². The van der Waals surface area contributed by atoms with E-state index in [1.807, 2.05) is 12.1 Å². The Kier molecular flexibility index (Phi) is 3.71. The Balaban J connectivity index is 1.46. The summed E-state index contributed by atoms with van der Waals surface area (Å²) in [4.78, 5) is 14.1. The van der Waals surface area contributed by atoms with Crippen molar-refractivity contribution in [2.45, 2.75) is 31.7 Å². The molecule has 0 unspecified atom stereocenters. The van der Waals surface area contributed by atoms with Crippen LogP contribution >= 0.6 is 11.3 Å². The Labute approximate surface area is 155 Å². The molecule has 0 aliphatic heterocycles. The maximum absolute atomic E-state index is 8.97. The summed E-state index contributed by atoms with van der Waals surface area (Å²) in [7, 11) is 0. The van der Waals surface area contributed by atoms with E-state index in [-0.39, 0.29) is 0 Å². The van der Waals surface area contributed by atoms with Crippen LogP contribution in [0.1, 0.15) is 30.6 Å². The topological polar surface area (TPSA) is 86.5 Å². The first-order valence-corrected chi connectivity index (χ1v) is 9.74. The van der Waals surface area contributed by atoms with Crippen LogP contribution in [0.2, 0.25) is 0 Å². The number of hydrogen-bond donors (Lipinski definition) is 2. The van der Waals surface area contributed by atoms with Gasteiger partial charge in [0.05, 0.1) is 11.7 Å².